The predicted octanol–water partition coefficient (Wildman–Crippen LogP) is 2.77. The summed E-state index contributed by atoms with van der Waals surface area (Å²) in [7, 11) is 1.99. The van der Waals surface area contributed by atoms with E-state index in [1.165, 1.54) is 5.56 Å². The zero-order chi connectivity index (χ0) is 14.7. The molecule has 0 spiro atoms. The summed E-state index contributed by atoms with van der Waals surface area (Å²) >= 11 is 0. The van der Waals surface area contributed by atoms with E-state index in [0.717, 1.165) is 30.8 Å². The average Bonchev–Trinajstić information content (AvgIpc) is 2.52. The van der Waals surface area contributed by atoms with Gasteiger partial charge in [0.25, 0.3) is 0 Å². The van der Waals surface area contributed by atoms with Gasteiger partial charge in [-0.3, -0.25) is 0 Å². The number of likely N-dealkylation sites (N-methyl/N-ethyl adjacent to an activating group) is 1. The summed E-state index contributed by atoms with van der Waals surface area (Å²) in [5.74, 6) is 1.78. The van der Waals surface area contributed by atoms with Crippen LogP contribution in [0, 0.1) is 5.92 Å². The molecule has 0 fully saturated rings. The summed E-state index contributed by atoms with van der Waals surface area (Å²) in [4.78, 5) is 0. The van der Waals surface area contributed by atoms with Crippen molar-refractivity contribution in [2.75, 3.05) is 13.7 Å². The Bertz CT molecular complexity index is 612. The van der Waals surface area contributed by atoms with Crippen LogP contribution in [-0.2, 0) is 12.8 Å². The molecule has 110 valence electrons. The molecule has 0 saturated carbocycles. The maximum atomic E-state index is 9.59. The summed E-state index contributed by atoms with van der Waals surface area (Å²) < 4.78 is 5.89. The predicted molar refractivity (Wildman–Crippen MR) is 83.8 cm³/mol. The summed E-state index contributed by atoms with van der Waals surface area (Å²) in [6.07, 6.45) is 1.92. The van der Waals surface area contributed by atoms with Gasteiger partial charge in [0.05, 0.1) is 6.61 Å². The molecule has 0 radical (unpaired) electrons. The SMILES string of the molecule is CNC(Cc1cccc(O)c1)C1COc2ccccc2C1. The number of benzene rings is 2. The molecule has 3 nitrogen and oxygen atoms in total. The van der Waals surface area contributed by atoms with Crippen molar-refractivity contribution in [3.63, 3.8) is 0 Å². The van der Waals surface area contributed by atoms with Gasteiger partial charge in [-0.15, -0.1) is 0 Å². The number of hydrogen-bond acceptors (Lipinski definition) is 3. The van der Waals surface area contributed by atoms with Gasteiger partial charge in [-0.25, -0.2) is 0 Å². The molecule has 0 amide bonds. The van der Waals surface area contributed by atoms with Gasteiger partial charge in [0, 0.05) is 12.0 Å². The first kappa shape index (κ1) is 14.0. The Kier molecular flexibility index (Phi) is 4.11. The molecule has 0 bridgehead atoms. The number of phenolic OH excluding ortho intramolecular Hbond substituents is 1. The minimum Gasteiger partial charge on any atom is -0.508 e. The van der Waals surface area contributed by atoms with Crippen molar-refractivity contribution in [3.05, 3.63) is 59.7 Å². The van der Waals surface area contributed by atoms with Crippen LogP contribution in [0.5, 0.6) is 11.5 Å². The van der Waals surface area contributed by atoms with Crippen LogP contribution < -0.4 is 10.1 Å². The number of aromatic hydroxyl groups is 1. The third kappa shape index (κ3) is 3.19. The summed E-state index contributed by atoms with van der Waals surface area (Å²) in [6, 6.07) is 16.1. The lowest BCUT2D eigenvalue weighted by Crippen LogP contribution is -2.41. The number of rotatable bonds is 4. The number of para-hydroxylation sites is 1. The van der Waals surface area contributed by atoms with Gasteiger partial charge < -0.3 is 15.2 Å². The molecule has 2 atom stereocenters. The normalized spacial score (nSPS) is 18.6. The van der Waals surface area contributed by atoms with E-state index in [4.69, 9.17) is 4.74 Å². The first-order valence-corrected chi connectivity index (χ1v) is 7.42. The van der Waals surface area contributed by atoms with Gasteiger partial charge >= 0.3 is 0 Å². The highest BCUT2D eigenvalue weighted by Gasteiger charge is 2.26. The fourth-order valence-corrected chi connectivity index (χ4v) is 3.05. The Balaban J connectivity index is 1.73. The van der Waals surface area contributed by atoms with Gasteiger partial charge in [0.2, 0.25) is 0 Å². The maximum absolute atomic E-state index is 9.59. The molecular weight excluding hydrogens is 262 g/mol. The standard InChI is InChI=1S/C18H21NO2/c1-19-17(10-13-5-4-7-16(20)9-13)15-11-14-6-2-3-8-18(14)21-12-15/h2-9,15,17,19-20H,10-12H2,1H3. The molecule has 2 N–H and O–H groups in total. The summed E-state index contributed by atoms with van der Waals surface area (Å²) in [6.45, 7) is 0.737. The van der Waals surface area contributed by atoms with Crippen molar-refractivity contribution in [2.24, 2.45) is 5.92 Å². The fraction of sp³-hybridized carbons (Fsp3) is 0.333. The molecule has 1 heterocycles. The molecule has 0 aromatic heterocycles. The molecule has 0 saturated heterocycles. The number of phenols is 1. The van der Waals surface area contributed by atoms with E-state index in [1.807, 2.05) is 31.3 Å². The van der Waals surface area contributed by atoms with E-state index < -0.39 is 0 Å². The van der Waals surface area contributed by atoms with E-state index in [-0.39, 0.29) is 0 Å². The van der Waals surface area contributed by atoms with Crippen molar-refractivity contribution >= 4 is 0 Å². The van der Waals surface area contributed by atoms with E-state index in [2.05, 4.69) is 23.5 Å². The smallest absolute Gasteiger partial charge is 0.122 e. The minimum absolute atomic E-state index is 0.326. The van der Waals surface area contributed by atoms with Crippen molar-refractivity contribution in [1.29, 1.82) is 0 Å². The molecule has 2 aromatic carbocycles. The Morgan fingerprint density at radius 2 is 2.10 bits per heavy atom. The molecule has 21 heavy (non-hydrogen) atoms. The number of fused-ring (bicyclic) bond motifs is 1. The quantitative estimate of drug-likeness (QED) is 0.906. The third-order valence-electron chi connectivity index (χ3n) is 4.21. The fourth-order valence-electron chi connectivity index (χ4n) is 3.05. The summed E-state index contributed by atoms with van der Waals surface area (Å²) in [5, 5.41) is 13.0. The summed E-state index contributed by atoms with van der Waals surface area (Å²) in [5.41, 5.74) is 2.43. The van der Waals surface area contributed by atoms with E-state index >= 15 is 0 Å². The second-order valence-electron chi connectivity index (χ2n) is 5.65. The van der Waals surface area contributed by atoms with E-state index in [9.17, 15) is 5.11 Å². The monoisotopic (exact) mass is 283 g/mol. The van der Waals surface area contributed by atoms with Crippen LogP contribution in [0.1, 0.15) is 11.1 Å². The van der Waals surface area contributed by atoms with Crippen molar-refractivity contribution in [1.82, 2.24) is 5.32 Å². The maximum Gasteiger partial charge on any atom is 0.122 e. The van der Waals surface area contributed by atoms with Crippen molar-refractivity contribution < 1.29 is 9.84 Å². The van der Waals surface area contributed by atoms with Gasteiger partial charge in [-0.2, -0.15) is 0 Å². The van der Waals surface area contributed by atoms with Crippen LogP contribution >= 0.6 is 0 Å². The largest absolute Gasteiger partial charge is 0.508 e. The second kappa shape index (κ2) is 6.19. The minimum atomic E-state index is 0.326. The van der Waals surface area contributed by atoms with Crippen LogP contribution in [0.3, 0.4) is 0 Å². The molecule has 2 unspecified atom stereocenters. The van der Waals surface area contributed by atoms with Crippen LogP contribution in [0.4, 0.5) is 0 Å². The Labute approximate surface area is 125 Å². The van der Waals surface area contributed by atoms with E-state index in [1.54, 1.807) is 6.07 Å². The Hall–Kier alpha value is -2.00. The van der Waals surface area contributed by atoms with Gasteiger partial charge in [0.15, 0.2) is 0 Å². The van der Waals surface area contributed by atoms with E-state index in [0.29, 0.717) is 17.7 Å². The zero-order valence-electron chi connectivity index (χ0n) is 12.3. The van der Waals surface area contributed by atoms with Crippen LogP contribution in [-0.4, -0.2) is 24.8 Å². The lowest BCUT2D eigenvalue weighted by molar-refractivity contribution is 0.187. The van der Waals surface area contributed by atoms with Gasteiger partial charge in [0.1, 0.15) is 11.5 Å². The highest BCUT2D eigenvalue weighted by atomic mass is 16.5. The molecular formula is C18H21NO2. The molecule has 1 aliphatic heterocycles. The third-order valence-corrected chi connectivity index (χ3v) is 4.21. The van der Waals surface area contributed by atoms with Crippen molar-refractivity contribution in [3.8, 4) is 11.5 Å². The lowest BCUT2D eigenvalue weighted by Gasteiger charge is -2.31. The van der Waals surface area contributed by atoms with Crippen LogP contribution in [0.15, 0.2) is 48.5 Å². The molecule has 0 aliphatic carbocycles. The van der Waals surface area contributed by atoms with Crippen LogP contribution in [0.25, 0.3) is 0 Å². The zero-order valence-corrected chi connectivity index (χ0v) is 12.3. The number of ether oxygens (including phenoxy) is 1. The molecule has 2 aromatic rings. The Morgan fingerprint density at radius 3 is 2.90 bits per heavy atom. The number of hydrogen-bond donors (Lipinski definition) is 2. The number of nitrogens with one attached hydrogen (secondary N) is 1. The molecule has 1 aliphatic rings. The second-order valence-corrected chi connectivity index (χ2v) is 5.65. The molecule has 3 rings (SSSR count). The van der Waals surface area contributed by atoms with Gasteiger partial charge in [-0.1, -0.05) is 30.3 Å². The topological polar surface area (TPSA) is 41.5 Å². The van der Waals surface area contributed by atoms with Crippen molar-refractivity contribution in [2.45, 2.75) is 18.9 Å². The Morgan fingerprint density at radius 1 is 1.24 bits per heavy atom. The van der Waals surface area contributed by atoms with Gasteiger partial charge in [-0.05, 0) is 49.2 Å². The highest BCUT2D eigenvalue weighted by molar-refractivity contribution is 5.35. The first-order chi connectivity index (χ1) is 10.3. The van der Waals surface area contributed by atoms with Crippen LogP contribution in [0.2, 0.25) is 0 Å². The molecule has 3 heteroatoms. The first-order valence-electron chi connectivity index (χ1n) is 7.42. The lowest BCUT2D eigenvalue weighted by atomic mass is 9.87. The highest BCUT2D eigenvalue weighted by Crippen LogP contribution is 2.29. The average molecular weight is 283 g/mol.